The Kier molecular flexibility index (Phi) is 5.44. The van der Waals surface area contributed by atoms with Gasteiger partial charge in [-0.2, -0.15) is 5.26 Å². The van der Waals surface area contributed by atoms with Crippen molar-refractivity contribution in [3.63, 3.8) is 0 Å². The van der Waals surface area contributed by atoms with Gasteiger partial charge in [0.2, 0.25) is 0 Å². The van der Waals surface area contributed by atoms with E-state index in [9.17, 15) is 5.26 Å². The molecule has 168 valence electrons. The Labute approximate surface area is 192 Å². The number of nitrogens with two attached hydrogens (primary N) is 1. The van der Waals surface area contributed by atoms with Crippen LogP contribution in [0.2, 0.25) is 0 Å². The highest BCUT2D eigenvalue weighted by Crippen LogP contribution is 2.32. The molecule has 3 aromatic heterocycles. The SMILES string of the molecule is CC(C)Oc1c(C#N)ccc2ccc(-c3nnc4ccc([C@H](C)N5CC[C@H](N)C5)cn34)nc12. The maximum Gasteiger partial charge on any atom is 0.187 e. The highest BCUT2D eigenvalue weighted by molar-refractivity contribution is 5.88. The van der Waals surface area contributed by atoms with Crippen LogP contribution in [0.1, 0.15) is 44.4 Å². The zero-order valence-electron chi connectivity index (χ0n) is 19.1. The lowest BCUT2D eigenvalue weighted by Crippen LogP contribution is -2.28. The molecular formula is C25H27N7O. The van der Waals surface area contributed by atoms with E-state index in [1.54, 1.807) is 6.07 Å². The van der Waals surface area contributed by atoms with E-state index in [-0.39, 0.29) is 18.2 Å². The summed E-state index contributed by atoms with van der Waals surface area (Å²) >= 11 is 0. The van der Waals surface area contributed by atoms with Crippen molar-refractivity contribution in [2.24, 2.45) is 5.73 Å². The summed E-state index contributed by atoms with van der Waals surface area (Å²) in [6.07, 6.45) is 3.03. The summed E-state index contributed by atoms with van der Waals surface area (Å²) in [5.41, 5.74) is 9.83. The van der Waals surface area contributed by atoms with Crippen LogP contribution in [0.4, 0.5) is 0 Å². The minimum absolute atomic E-state index is 0.0789. The van der Waals surface area contributed by atoms with Crippen LogP contribution in [0.5, 0.6) is 5.75 Å². The Morgan fingerprint density at radius 1 is 1.12 bits per heavy atom. The van der Waals surface area contributed by atoms with Gasteiger partial charge in [-0.15, -0.1) is 10.2 Å². The Balaban J connectivity index is 1.60. The second-order valence-corrected chi connectivity index (χ2v) is 8.92. The van der Waals surface area contributed by atoms with Crippen LogP contribution < -0.4 is 10.5 Å². The van der Waals surface area contributed by atoms with Crippen molar-refractivity contribution >= 4 is 16.6 Å². The number of likely N-dealkylation sites (tertiary alicyclic amines) is 1. The number of pyridine rings is 2. The average Bonchev–Trinajstić information content (AvgIpc) is 3.44. The summed E-state index contributed by atoms with van der Waals surface area (Å²) in [4.78, 5) is 7.27. The van der Waals surface area contributed by atoms with Gasteiger partial charge in [-0.1, -0.05) is 18.2 Å². The number of nitriles is 1. The van der Waals surface area contributed by atoms with E-state index in [0.717, 1.165) is 30.5 Å². The van der Waals surface area contributed by atoms with Gasteiger partial charge < -0.3 is 10.5 Å². The molecule has 2 atom stereocenters. The molecular weight excluding hydrogens is 414 g/mol. The summed E-state index contributed by atoms with van der Waals surface area (Å²) in [7, 11) is 0. The second kappa shape index (κ2) is 8.43. The first-order valence-corrected chi connectivity index (χ1v) is 11.3. The summed E-state index contributed by atoms with van der Waals surface area (Å²) in [6, 6.07) is 14.4. The highest BCUT2D eigenvalue weighted by Gasteiger charge is 2.25. The molecule has 5 rings (SSSR count). The number of benzene rings is 1. The molecule has 4 heterocycles. The number of nitrogens with zero attached hydrogens (tertiary/aromatic N) is 6. The lowest BCUT2D eigenvalue weighted by molar-refractivity contribution is 0.244. The van der Waals surface area contributed by atoms with E-state index in [1.807, 2.05) is 42.5 Å². The Bertz CT molecular complexity index is 1370. The molecule has 1 aromatic carbocycles. The van der Waals surface area contributed by atoms with E-state index in [1.165, 1.54) is 5.56 Å². The molecule has 1 fully saturated rings. The minimum atomic E-state index is -0.0789. The molecule has 0 aliphatic carbocycles. The zero-order chi connectivity index (χ0) is 23.1. The maximum absolute atomic E-state index is 9.58. The van der Waals surface area contributed by atoms with Gasteiger partial charge in [-0.25, -0.2) is 4.98 Å². The topological polar surface area (TPSA) is 105 Å². The Morgan fingerprint density at radius 2 is 1.94 bits per heavy atom. The number of rotatable bonds is 5. The smallest absolute Gasteiger partial charge is 0.187 e. The van der Waals surface area contributed by atoms with E-state index >= 15 is 0 Å². The van der Waals surface area contributed by atoms with Gasteiger partial charge in [0.25, 0.3) is 0 Å². The number of ether oxygens (including phenoxy) is 1. The number of hydrogen-bond donors (Lipinski definition) is 1. The Morgan fingerprint density at radius 3 is 2.67 bits per heavy atom. The third-order valence-electron chi connectivity index (χ3n) is 6.23. The van der Waals surface area contributed by atoms with E-state index in [4.69, 9.17) is 15.5 Å². The van der Waals surface area contributed by atoms with Crippen LogP contribution in [0, 0.1) is 11.3 Å². The normalized spacial score (nSPS) is 17.6. The Hall–Kier alpha value is -3.54. The van der Waals surface area contributed by atoms with Gasteiger partial charge in [0.1, 0.15) is 17.3 Å². The summed E-state index contributed by atoms with van der Waals surface area (Å²) in [6.45, 7) is 7.98. The molecule has 0 radical (unpaired) electrons. The zero-order valence-corrected chi connectivity index (χ0v) is 19.1. The molecule has 1 aliphatic heterocycles. The van der Waals surface area contributed by atoms with Crippen LogP contribution in [-0.2, 0) is 0 Å². The average molecular weight is 442 g/mol. The van der Waals surface area contributed by atoms with Gasteiger partial charge in [0.05, 0.1) is 11.7 Å². The van der Waals surface area contributed by atoms with Crippen molar-refractivity contribution in [1.29, 1.82) is 5.26 Å². The van der Waals surface area contributed by atoms with Crippen molar-refractivity contribution in [2.75, 3.05) is 13.1 Å². The fourth-order valence-corrected chi connectivity index (χ4v) is 4.44. The van der Waals surface area contributed by atoms with Crippen LogP contribution in [-0.4, -0.2) is 49.7 Å². The maximum atomic E-state index is 9.58. The van der Waals surface area contributed by atoms with Crippen molar-refractivity contribution < 1.29 is 4.74 Å². The molecule has 0 amide bonds. The molecule has 33 heavy (non-hydrogen) atoms. The van der Waals surface area contributed by atoms with Gasteiger partial charge in [-0.3, -0.25) is 9.30 Å². The third-order valence-corrected chi connectivity index (χ3v) is 6.23. The molecule has 0 spiro atoms. The predicted molar refractivity (Wildman–Crippen MR) is 127 cm³/mol. The first kappa shape index (κ1) is 21.3. The largest absolute Gasteiger partial charge is 0.487 e. The standard InChI is InChI=1S/C25H27N7O/c1-15(2)33-24-18(12-26)5-4-17-6-8-21(28-23(17)24)25-30-29-22-9-7-19(13-32(22)25)16(3)31-11-10-20(27)14-31/h4-9,13,15-16,20H,10-11,14,27H2,1-3H3/t16-,20-/m0/s1. The number of aromatic nitrogens is 4. The van der Waals surface area contributed by atoms with Crippen LogP contribution in [0.25, 0.3) is 28.1 Å². The van der Waals surface area contributed by atoms with Gasteiger partial charge in [0, 0.05) is 36.8 Å². The predicted octanol–water partition coefficient (Wildman–Crippen LogP) is 3.70. The van der Waals surface area contributed by atoms with E-state index < -0.39 is 0 Å². The summed E-state index contributed by atoms with van der Waals surface area (Å²) in [5, 5.41) is 19.3. The van der Waals surface area contributed by atoms with Gasteiger partial charge >= 0.3 is 0 Å². The fourth-order valence-electron chi connectivity index (χ4n) is 4.44. The second-order valence-electron chi connectivity index (χ2n) is 8.92. The van der Waals surface area contributed by atoms with Crippen molar-refractivity contribution in [3.8, 4) is 23.3 Å². The highest BCUT2D eigenvalue weighted by atomic mass is 16.5. The lowest BCUT2D eigenvalue weighted by atomic mass is 10.1. The molecule has 0 unspecified atom stereocenters. The van der Waals surface area contributed by atoms with Crippen LogP contribution in [0.3, 0.4) is 0 Å². The molecule has 4 aromatic rings. The minimum Gasteiger partial charge on any atom is -0.487 e. The molecule has 2 N–H and O–H groups in total. The fraction of sp³-hybridized carbons (Fsp3) is 0.360. The van der Waals surface area contributed by atoms with Crippen molar-refractivity contribution in [2.45, 2.75) is 45.4 Å². The van der Waals surface area contributed by atoms with Crippen molar-refractivity contribution in [3.05, 3.63) is 53.7 Å². The van der Waals surface area contributed by atoms with Crippen LogP contribution in [0.15, 0.2) is 42.6 Å². The van der Waals surface area contributed by atoms with Gasteiger partial charge in [-0.05, 0) is 51.0 Å². The first-order chi connectivity index (χ1) is 15.9. The molecule has 8 nitrogen and oxygen atoms in total. The van der Waals surface area contributed by atoms with E-state index in [0.29, 0.717) is 28.3 Å². The van der Waals surface area contributed by atoms with E-state index in [2.05, 4.69) is 40.4 Å². The monoisotopic (exact) mass is 441 g/mol. The first-order valence-electron chi connectivity index (χ1n) is 11.3. The lowest BCUT2D eigenvalue weighted by Gasteiger charge is -2.24. The number of fused-ring (bicyclic) bond motifs is 2. The molecule has 0 bridgehead atoms. The third kappa shape index (κ3) is 3.90. The van der Waals surface area contributed by atoms with Gasteiger partial charge in [0.15, 0.2) is 17.2 Å². The van der Waals surface area contributed by atoms with Crippen molar-refractivity contribution in [1.82, 2.24) is 24.5 Å². The number of hydrogen-bond acceptors (Lipinski definition) is 7. The summed E-state index contributed by atoms with van der Waals surface area (Å²) < 4.78 is 7.96. The quantitative estimate of drug-likeness (QED) is 0.503. The molecule has 1 saturated heterocycles. The molecule has 8 heteroatoms. The van der Waals surface area contributed by atoms with Crippen LogP contribution >= 0.6 is 0 Å². The molecule has 0 saturated carbocycles. The molecule has 1 aliphatic rings. The summed E-state index contributed by atoms with van der Waals surface area (Å²) in [5.74, 6) is 1.15.